The number of alkyl halides is 3. The molecule has 0 fully saturated rings. The predicted molar refractivity (Wildman–Crippen MR) is 57.1 cm³/mol. The van der Waals surface area contributed by atoms with E-state index in [-0.39, 0.29) is 5.82 Å². The molecule has 0 atom stereocenters. The van der Waals surface area contributed by atoms with Gasteiger partial charge in [0.1, 0.15) is 5.82 Å². The summed E-state index contributed by atoms with van der Waals surface area (Å²) in [7, 11) is 0. The van der Waals surface area contributed by atoms with Gasteiger partial charge >= 0.3 is 6.18 Å². The Morgan fingerprint density at radius 3 is 2.56 bits per heavy atom. The summed E-state index contributed by atoms with van der Waals surface area (Å²) in [6.07, 6.45) is -0.879. The lowest BCUT2D eigenvalue weighted by Crippen LogP contribution is -2.08. The predicted octanol–water partition coefficient (Wildman–Crippen LogP) is 2.34. The first-order valence-electron chi connectivity index (χ1n) is 4.91. The van der Waals surface area contributed by atoms with Gasteiger partial charge in [-0.2, -0.15) is 18.3 Å². The van der Waals surface area contributed by atoms with Gasteiger partial charge in [-0.15, -0.1) is 5.10 Å². The van der Waals surface area contributed by atoms with Crippen molar-refractivity contribution in [2.24, 2.45) is 0 Å². The topological polar surface area (TPSA) is 63.6 Å². The number of aryl methyl sites for hydroxylation is 1. The Balaban J connectivity index is 2.25. The van der Waals surface area contributed by atoms with Gasteiger partial charge < -0.3 is 5.32 Å². The van der Waals surface area contributed by atoms with E-state index >= 15 is 0 Å². The summed E-state index contributed by atoms with van der Waals surface area (Å²) in [5.41, 5.74) is -0.236. The van der Waals surface area contributed by atoms with E-state index in [1.807, 2.05) is 0 Å². The van der Waals surface area contributed by atoms with Gasteiger partial charge in [0, 0.05) is 6.20 Å². The molecule has 2 heterocycles. The van der Waals surface area contributed by atoms with Crippen LogP contribution in [0.3, 0.4) is 0 Å². The molecule has 0 aromatic carbocycles. The number of anilines is 2. The Kier molecular flexibility index (Phi) is 3.09. The molecule has 5 nitrogen and oxygen atoms in total. The highest BCUT2D eigenvalue weighted by Gasteiger charge is 2.31. The van der Waals surface area contributed by atoms with Crippen molar-refractivity contribution in [3.05, 3.63) is 35.9 Å². The maximum Gasteiger partial charge on any atom is 0.418 e. The molecule has 0 radical (unpaired) electrons. The van der Waals surface area contributed by atoms with Crippen LogP contribution in [-0.4, -0.2) is 20.2 Å². The Bertz CT molecular complexity index is 555. The molecule has 2 aromatic rings. The molecule has 0 amide bonds. The minimum absolute atomic E-state index is 0.0373. The second-order valence-corrected chi connectivity index (χ2v) is 3.50. The fourth-order valence-electron chi connectivity index (χ4n) is 1.24. The molecule has 0 aliphatic rings. The molecule has 0 bridgehead atoms. The summed E-state index contributed by atoms with van der Waals surface area (Å²) in [5.74, 6) is 0.272. The molecule has 0 spiro atoms. The quantitative estimate of drug-likeness (QED) is 0.892. The van der Waals surface area contributed by atoms with Crippen LogP contribution < -0.4 is 5.32 Å². The monoisotopic (exact) mass is 255 g/mol. The summed E-state index contributed by atoms with van der Waals surface area (Å²) in [4.78, 5) is 7.89. The summed E-state index contributed by atoms with van der Waals surface area (Å²) in [5, 5.41) is 9.45. The van der Waals surface area contributed by atoms with Crippen molar-refractivity contribution in [3.63, 3.8) is 0 Å². The highest BCUT2D eigenvalue weighted by molar-refractivity contribution is 5.50. The minimum Gasteiger partial charge on any atom is -0.322 e. The fourth-order valence-corrected chi connectivity index (χ4v) is 1.24. The molecule has 0 aliphatic heterocycles. The Morgan fingerprint density at radius 1 is 1.11 bits per heavy atom. The lowest BCUT2D eigenvalue weighted by atomic mass is 10.3. The average Bonchev–Trinajstić information content (AvgIpc) is 2.28. The van der Waals surface area contributed by atoms with Crippen molar-refractivity contribution in [1.29, 1.82) is 0 Å². The number of nitrogens with one attached hydrogen (secondary N) is 1. The van der Waals surface area contributed by atoms with Crippen LogP contribution in [0.25, 0.3) is 0 Å². The number of hydrogen-bond donors (Lipinski definition) is 1. The molecule has 18 heavy (non-hydrogen) atoms. The number of hydrogen-bond acceptors (Lipinski definition) is 5. The molecular formula is C10H8F3N5. The summed E-state index contributed by atoms with van der Waals surface area (Å²) >= 11 is 0. The summed E-state index contributed by atoms with van der Waals surface area (Å²) in [6.45, 7) is 1.72. The average molecular weight is 255 g/mol. The Labute approximate surface area is 100 Å². The molecule has 94 valence electrons. The lowest BCUT2D eigenvalue weighted by Gasteiger charge is -2.08. The van der Waals surface area contributed by atoms with Crippen LogP contribution in [0.4, 0.5) is 24.8 Å². The molecular weight excluding hydrogens is 247 g/mol. The summed E-state index contributed by atoms with van der Waals surface area (Å²) < 4.78 is 37.3. The molecule has 0 aliphatic carbocycles. The normalized spacial score (nSPS) is 11.3. The lowest BCUT2D eigenvalue weighted by molar-refractivity contribution is -0.137. The maximum absolute atomic E-state index is 12.4. The maximum atomic E-state index is 12.4. The van der Waals surface area contributed by atoms with Gasteiger partial charge in [-0.3, -0.25) is 4.98 Å². The zero-order valence-electron chi connectivity index (χ0n) is 9.23. The smallest absolute Gasteiger partial charge is 0.322 e. The Hall–Kier alpha value is -2.25. The van der Waals surface area contributed by atoms with E-state index < -0.39 is 11.7 Å². The minimum atomic E-state index is -4.45. The van der Waals surface area contributed by atoms with Crippen LogP contribution in [0, 0.1) is 6.92 Å². The van der Waals surface area contributed by atoms with Crippen molar-refractivity contribution in [2.45, 2.75) is 13.1 Å². The van der Waals surface area contributed by atoms with Gasteiger partial charge in [0.25, 0.3) is 0 Å². The van der Waals surface area contributed by atoms with Gasteiger partial charge in [-0.1, -0.05) is 0 Å². The molecule has 1 N–H and O–H groups in total. The van der Waals surface area contributed by atoms with E-state index in [0.29, 0.717) is 17.7 Å². The van der Waals surface area contributed by atoms with Crippen molar-refractivity contribution in [3.8, 4) is 0 Å². The van der Waals surface area contributed by atoms with E-state index in [1.54, 1.807) is 6.92 Å². The van der Waals surface area contributed by atoms with Crippen LogP contribution >= 0.6 is 0 Å². The molecule has 0 saturated carbocycles. The van der Waals surface area contributed by atoms with Gasteiger partial charge in [0.2, 0.25) is 0 Å². The van der Waals surface area contributed by atoms with Crippen molar-refractivity contribution >= 4 is 11.6 Å². The number of nitrogens with zero attached hydrogens (tertiary/aromatic N) is 4. The zero-order valence-corrected chi connectivity index (χ0v) is 9.23. The first kappa shape index (κ1) is 12.2. The molecule has 0 saturated heterocycles. The van der Waals surface area contributed by atoms with E-state index in [2.05, 4.69) is 25.5 Å². The fraction of sp³-hybridized carbons (Fsp3) is 0.200. The van der Waals surface area contributed by atoms with Crippen LogP contribution in [-0.2, 0) is 6.18 Å². The third-order valence-corrected chi connectivity index (χ3v) is 1.99. The van der Waals surface area contributed by atoms with E-state index in [9.17, 15) is 13.2 Å². The van der Waals surface area contributed by atoms with Gasteiger partial charge in [0.05, 0.1) is 23.7 Å². The largest absolute Gasteiger partial charge is 0.418 e. The van der Waals surface area contributed by atoms with Crippen LogP contribution in [0.1, 0.15) is 11.3 Å². The first-order valence-corrected chi connectivity index (χ1v) is 4.91. The highest BCUT2D eigenvalue weighted by atomic mass is 19.4. The van der Waals surface area contributed by atoms with Gasteiger partial charge in [0.15, 0.2) is 5.82 Å². The van der Waals surface area contributed by atoms with Crippen molar-refractivity contribution in [2.75, 3.05) is 5.32 Å². The number of aromatic nitrogens is 4. The van der Waals surface area contributed by atoms with Gasteiger partial charge in [-0.05, 0) is 13.0 Å². The van der Waals surface area contributed by atoms with E-state index in [4.69, 9.17) is 0 Å². The molecule has 2 aromatic heterocycles. The van der Waals surface area contributed by atoms with Crippen LogP contribution in [0.2, 0.25) is 0 Å². The molecule has 2 rings (SSSR count). The number of rotatable bonds is 2. The van der Waals surface area contributed by atoms with Gasteiger partial charge in [-0.25, -0.2) is 4.98 Å². The van der Waals surface area contributed by atoms with E-state index in [0.717, 1.165) is 6.07 Å². The molecule has 8 heteroatoms. The third kappa shape index (κ3) is 2.90. The second-order valence-electron chi connectivity index (χ2n) is 3.50. The SMILES string of the molecule is Cc1cncc(Nc2cc(C(F)(F)F)cnn2)n1. The molecule has 0 unspecified atom stereocenters. The van der Waals surface area contributed by atoms with E-state index in [1.165, 1.54) is 12.4 Å². The number of halogens is 3. The second kappa shape index (κ2) is 4.55. The first-order chi connectivity index (χ1) is 8.45. The summed E-state index contributed by atoms with van der Waals surface area (Å²) in [6, 6.07) is 0.858. The highest BCUT2D eigenvalue weighted by Crippen LogP contribution is 2.29. The van der Waals surface area contributed by atoms with Crippen molar-refractivity contribution < 1.29 is 13.2 Å². The third-order valence-electron chi connectivity index (χ3n) is 1.99. The van der Waals surface area contributed by atoms with Crippen molar-refractivity contribution in [1.82, 2.24) is 20.2 Å². The zero-order chi connectivity index (χ0) is 13.2. The van der Waals surface area contributed by atoms with Crippen LogP contribution in [0.15, 0.2) is 24.7 Å². The Morgan fingerprint density at radius 2 is 1.89 bits per heavy atom. The van der Waals surface area contributed by atoms with Crippen LogP contribution in [0.5, 0.6) is 0 Å². The standard InChI is InChI=1S/C10H8F3N5/c1-6-3-14-5-9(16-6)17-8-2-7(4-15-18-8)10(11,12)13/h2-5H,1H3,(H,16,17,18).